The smallest absolute Gasteiger partial charge is 0.462 e. The zero-order chi connectivity index (χ0) is 55.9. The van der Waals surface area contributed by atoms with Crippen LogP contribution in [0.25, 0.3) is 0 Å². The molecule has 3 N–H and O–H groups in total. The van der Waals surface area contributed by atoms with Gasteiger partial charge in [-0.25, -0.2) is 4.57 Å². The van der Waals surface area contributed by atoms with Crippen LogP contribution in [0.15, 0.2) is 60.8 Å². The number of hydrogen-bond acceptors (Lipinski definition) is 8. The molecule has 0 aromatic carbocycles. The predicted octanol–water partition coefficient (Wildman–Crippen LogP) is 21.1. The molecule has 450 valence electrons. The average Bonchev–Trinajstić information content (AvgIpc) is 3.42. The molecule has 0 radical (unpaired) electrons. The van der Waals surface area contributed by atoms with E-state index in [9.17, 15) is 19.0 Å². The molecule has 0 aromatic heterocycles. The summed E-state index contributed by atoms with van der Waals surface area (Å²) >= 11 is 0. The highest BCUT2D eigenvalue weighted by molar-refractivity contribution is 7.47. The molecule has 0 saturated heterocycles. The fourth-order valence-corrected chi connectivity index (χ4v) is 10.3. The van der Waals surface area contributed by atoms with Crippen molar-refractivity contribution in [3.8, 4) is 0 Å². The number of phosphoric acid groups is 1. The van der Waals surface area contributed by atoms with Crippen molar-refractivity contribution in [1.82, 2.24) is 0 Å². The summed E-state index contributed by atoms with van der Waals surface area (Å²) in [5, 5.41) is 0. The van der Waals surface area contributed by atoms with Gasteiger partial charge < -0.3 is 20.1 Å². The van der Waals surface area contributed by atoms with Crippen molar-refractivity contribution in [3.63, 3.8) is 0 Å². The molecular weight excluding hydrogens is 978 g/mol. The molecule has 10 heteroatoms. The number of nitrogens with two attached hydrogens (primary N) is 1. The first-order valence-corrected chi connectivity index (χ1v) is 34.3. The Morgan fingerprint density at radius 1 is 0.390 bits per heavy atom. The van der Waals surface area contributed by atoms with E-state index in [0.29, 0.717) is 6.42 Å². The minimum atomic E-state index is -4.39. The van der Waals surface area contributed by atoms with Crippen LogP contribution in [0, 0.1) is 0 Å². The molecule has 77 heavy (non-hydrogen) atoms. The fourth-order valence-electron chi connectivity index (χ4n) is 9.50. The molecule has 0 aromatic rings. The van der Waals surface area contributed by atoms with Crippen LogP contribution in [0.3, 0.4) is 0 Å². The van der Waals surface area contributed by atoms with Gasteiger partial charge in [-0.05, 0) is 83.5 Å². The second-order valence-corrected chi connectivity index (χ2v) is 23.4. The van der Waals surface area contributed by atoms with Crippen molar-refractivity contribution in [2.45, 2.75) is 328 Å². The van der Waals surface area contributed by atoms with Gasteiger partial charge in [-0.1, -0.05) is 286 Å². The van der Waals surface area contributed by atoms with Gasteiger partial charge in [-0.3, -0.25) is 18.6 Å². The maximum atomic E-state index is 12.7. The summed E-state index contributed by atoms with van der Waals surface area (Å²) in [6, 6.07) is 0. The zero-order valence-electron chi connectivity index (χ0n) is 50.4. The third-order valence-electron chi connectivity index (χ3n) is 14.4. The molecule has 2 unspecified atom stereocenters. The Labute approximate surface area is 476 Å². The minimum Gasteiger partial charge on any atom is -0.462 e. The van der Waals surface area contributed by atoms with E-state index in [-0.39, 0.29) is 38.6 Å². The molecule has 2 atom stereocenters. The number of allylic oxidation sites excluding steroid dienone is 10. The van der Waals surface area contributed by atoms with Gasteiger partial charge in [0.15, 0.2) is 6.10 Å². The Morgan fingerprint density at radius 2 is 0.675 bits per heavy atom. The van der Waals surface area contributed by atoms with Crippen molar-refractivity contribution >= 4 is 19.8 Å². The number of carbonyl (C=O) groups excluding carboxylic acids is 2. The Kier molecular flexibility index (Phi) is 61.0. The van der Waals surface area contributed by atoms with Crippen molar-refractivity contribution in [2.75, 3.05) is 26.4 Å². The molecular formula is C67H124NO8P. The molecule has 0 amide bonds. The topological polar surface area (TPSA) is 134 Å². The lowest BCUT2D eigenvalue weighted by atomic mass is 10.0. The van der Waals surface area contributed by atoms with Gasteiger partial charge in [-0.15, -0.1) is 0 Å². The minimum absolute atomic E-state index is 0.0506. The third kappa shape index (κ3) is 62.8. The van der Waals surface area contributed by atoms with Gasteiger partial charge in [0.2, 0.25) is 0 Å². The number of phosphoric ester groups is 1. The van der Waals surface area contributed by atoms with E-state index in [2.05, 4.69) is 74.6 Å². The summed E-state index contributed by atoms with van der Waals surface area (Å²) in [6.07, 6.45) is 80.2. The molecule has 0 heterocycles. The maximum Gasteiger partial charge on any atom is 0.472 e. The Balaban J connectivity index is 3.85. The average molecular weight is 1100 g/mol. The molecule has 0 saturated carbocycles. The van der Waals surface area contributed by atoms with E-state index >= 15 is 0 Å². The first-order valence-electron chi connectivity index (χ1n) is 32.8. The van der Waals surface area contributed by atoms with Crippen LogP contribution >= 0.6 is 7.82 Å². The quantitative estimate of drug-likeness (QED) is 0.0264. The van der Waals surface area contributed by atoms with Crippen LogP contribution in [0.2, 0.25) is 0 Å². The molecule has 0 rings (SSSR count). The van der Waals surface area contributed by atoms with Gasteiger partial charge in [0, 0.05) is 19.4 Å². The lowest BCUT2D eigenvalue weighted by Gasteiger charge is -2.19. The molecule has 9 nitrogen and oxygen atoms in total. The first kappa shape index (κ1) is 74.7. The summed E-state index contributed by atoms with van der Waals surface area (Å²) in [5.41, 5.74) is 5.39. The van der Waals surface area contributed by atoms with Gasteiger partial charge in [0.1, 0.15) is 6.61 Å². The van der Waals surface area contributed by atoms with E-state index in [1.165, 1.54) is 212 Å². The summed E-state index contributed by atoms with van der Waals surface area (Å²) in [6.45, 7) is 3.75. The summed E-state index contributed by atoms with van der Waals surface area (Å²) in [7, 11) is -4.39. The van der Waals surface area contributed by atoms with Crippen molar-refractivity contribution in [3.05, 3.63) is 60.8 Å². The predicted molar refractivity (Wildman–Crippen MR) is 330 cm³/mol. The highest BCUT2D eigenvalue weighted by Crippen LogP contribution is 2.43. The molecule has 0 aliphatic carbocycles. The summed E-state index contributed by atoms with van der Waals surface area (Å²) in [4.78, 5) is 35.3. The lowest BCUT2D eigenvalue weighted by molar-refractivity contribution is -0.161. The number of hydrogen-bond donors (Lipinski definition) is 2. The van der Waals surface area contributed by atoms with E-state index in [1.807, 2.05) is 0 Å². The standard InChI is InChI=1S/C67H124NO8P/c1-3-5-7-9-11-13-15-17-19-21-23-25-26-27-28-29-30-31-32-33-34-35-36-37-38-40-41-43-45-47-49-51-53-55-57-59-66(69)73-63-65(64-75-77(71,72)74-62-61-68)76-67(70)60-58-56-54-52-50-48-46-44-42-39-24-22-20-18-16-14-12-10-8-6-4-2/h15-18,21-24,42,44,65H,3-14,19-20,25-41,43,45-64,68H2,1-2H3,(H,71,72)/b17-15-,18-16-,23-21-,24-22-,44-42-. The second kappa shape index (κ2) is 62.9. The van der Waals surface area contributed by atoms with E-state index in [0.717, 1.165) is 77.0 Å². The zero-order valence-corrected chi connectivity index (χ0v) is 51.3. The van der Waals surface area contributed by atoms with Crippen LogP contribution in [0.4, 0.5) is 0 Å². The summed E-state index contributed by atoms with van der Waals surface area (Å²) < 4.78 is 33.1. The normalized spacial score (nSPS) is 13.4. The molecule has 0 aliphatic heterocycles. The molecule has 0 fully saturated rings. The molecule has 0 bridgehead atoms. The number of ether oxygens (including phenoxy) is 2. The van der Waals surface area contributed by atoms with E-state index in [1.54, 1.807) is 0 Å². The SMILES string of the molecule is CCCCCCC/C=C\C/C=C\C/C=C\CCCCCCCCC(=O)OC(COC(=O)CCCCCCCCCCCCCCCCCCCCCCCCC/C=C\C/C=C\CCCCCCC)COP(=O)(O)OCCN. The first-order chi connectivity index (χ1) is 37.8. The fraction of sp³-hybridized carbons (Fsp3) is 0.821. The highest BCUT2D eigenvalue weighted by Gasteiger charge is 2.26. The van der Waals surface area contributed by atoms with Crippen molar-refractivity contribution in [1.29, 1.82) is 0 Å². The van der Waals surface area contributed by atoms with Gasteiger partial charge in [0.05, 0.1) is 13.2 Å². The largest absolute Gasteiger partial charge is 0.472 e. The van der Waals surface area contributed by atoms with Gasteiger partial charge >= 0.3 is 19.8 Å². The van der Waals surface area contributed by atoms with Gasteiger partial charge in [0.25, 0.3) is 0 Å². The van der Waals surface area contributed by atoms with Crippen LogP contribution in [0.1, 0.15) is 322 Å². The van der Waals surface area contributed by atoms with Crippen LogP contribution in [-0.4, -0.2) is 49.3 Å². The molecule has 0 aliphatic rings. The third-order valence-corrected chi connectivity index (χ3v) is 15.4. The van der Waals surface area contributed by atoms with Crippen LogP contribution < -0.4 is 5.73 Å². The van der Waals surface area contributed by atoms with Crippen LogP contribution in [0.5, 0.6) is 0 Å². The van der Waals surface area contributed by atoms with Gasteiger partial charge in [-0.2, -0.15) is 0 Å². The van der Waals surface area contributed by atoms with E-state index < -0.39 is 26.5 Å². The van der Waals surface area contributed by atoms with Crippen molar-refractivity contribution in [2.24, 2.45) is 5.73 Å². The summed E-state index contributed by atoms with van der Waals surface area (Å²) in [5.74, 6) is -0.830. The Bertz CT molecular complexity index is 1440. The van der Waals surface area contributed by atoms with E-state index in [4.69, 9.17) is 24.3 Å². The Hall–Kier alpha value is -2.29. The number of unbranched alkanes of at least 4 members (excludes halogenated alkanes) is 39. The highest BCUT2D eigenvalue weighted by atomic mass is 31.2. The number of rotatable bonds is 62. The lowest BCUT2D eigenvalue weighted by Crippen LogP contribution is -2.29. The van der Waals surface area contributed by atoms with Crippen molar-refractivity contribution < 1.29 is 37.6 Å². The number of esters is 2. The monoisotopic (exact) mass is 1100 g/mol. The maximum absolute atomic E-state index is 12.7. The molecule has 0 spiro atoms. The Morgan fingerprint density at radius 3 is 1.00 bits per heavy atom. The second-order valence-electron chi connectivity index (χ2n) is 22.0. The number of carbonyl (C=O) groups is 2. The van der Waals surface area contributed by atoms with Crippen LogP contribution in [-0.2, 0) is 32.7 Å².